The Balaban J connectivity index is 1.77. The Hall–Kier alpha value is -2.93. The molecule has 0 aliphatic rings. The van der Waals surface area contributed by atoms with Crippen molar-refractivity contribution < 1.29 is 4.79 Å². The van der Waals surface area contributed by atoms with Gasteiger partial charge in [0.2, 0.25) is 5.91 Å². The molecule has 7 heteroatoms. The van der Waals surface area contributed by atoms with Crippen LogP contribution in [0, 0.1) is 0 Å². The zero-order valence-corrected chi connectivity index (χ0v) is 17.5. The SMILES string of the molecule is C=CCn1c(SC(C)C(=O)N(CC)Cc2ccccc2)nnc1-c1ccncc1. The Morgan fingerprint density at radius 3 is 2.59 bits per heavy atom. The Morgan fingerprint density at radius 2 is 1.93 bits per heavy atom. The molecule has 2 aromatic heterocycles. The number of nitrogens with zero attached hydrogens (tertiary/aromatic N) is 5. The van der Waals surface area contributed by atoms with Gasteiger partial charge in [-0.15, -0.1) is 16.8 Å². The Kier molecular flexibility index (Phi) is 7.19. The zero-order chi connectivity index (χ0) is 20.6. The fourth-order valence-electron chi connectivity index (χ4n) is 3.00. The third kappa shape index (κ3) is 5.12. The summed E-state index contributed by atoms with van der Waals surface area (Å²) in [5, 5.41) is 9.10. The van der Waals surface area contributed by atoms with Crippen LogP contribution in [0.2, 0.25) is 0 Å². The summed E-state index contributed by atoms with van der Waals surface area (Å²) in [6.07, 6.45) is 5.26. The first-order chi connectivity index (χ1) is 14.1. The fraction of sp³-hybridized carbons (Fsp3) is 0.273. The minimum atomic E-state index is -0.281. The van der Waals surface area contributed by atoms with E-state index in [4.69, 9.17) is 0 Å². The molecule has 3 aromatic rings. The van der Waals surface area contributed by atoms with Crippen LogP contribution in [0.3, 0.4) is 0 Å². The molecule has 1 atom stereocenters. The van der Waals surface area contributed by atoms with E-state index in [1.54, 1.807) is 18.5 Å². The molecule has 0 fully saturated rings. The monoisotopic (exact) mass is 407 g/mol. The molecular formula is C22H25N5OS. The van der Waals surface area contributed by atoms with Crippen molar-refractivity contribution in [3.05, 3.63) is 73.1 Å². The van der Waals surface area contributed by atoms with E-state index in [1.807, 2.05) is 65.8 Å². The highest BCUT2D eigenvalue weighted by Crippen LogP contribution is 2.27. The molecule has 0 saturated carbocycles. The zero-order valence-electron chi connectivity index (χ0n) is 16.7. The number of pyridine rings is 1. The molecule has 29 heavy (non-hydrogen) atoms. The average Bonchev–Trinajstić information content (AvgIpc) is 3.15. The summed E-state index contributed by atoms with van der Waals surface area (Å²) in [6.45, 7) is 9.58. The van der Waals surface area contributed by atoms with Gasteiger partial charge < -0.3 is 4.90 Å². The second kappa shape index (κ2) is 10.0. The molecule has 0 radical (unpaired) electrons. The first-order valence-electron chi connectivity index (χ1n) is 9.57. The van der Waals surface area contributed by atoms with E-state index in [9.17, 15) is 4.79 Å². The molecule has 0 aliphatic heterocycles. The molecular weight excluding hydrogens is 382 g/mol. The van der Waals surface area contributed by atoms with Gasteiger partial charge in [-0.2, -0.15) is 0 Å². The van der Waals surface area contributed by atoms with Gasteiger partial charge in [0.15, 0.2) is 11.0 Å². The summed E-state index contributed by atoms with van der Waals surface area (Å²) < 4.78 is 1.98. The van der Waals surface area contributed by atoms with Crippen molar-refractivity contribution in [3.8, 4) is 11.4 Å². The highest BCUT2D eigenvalue weighted by molar-refractivity contribution is 8.00. The lowest BCUT2D eigenvalue weighted by Gasteiger charge is -2.24. The van der Waals surface area contributed by atoms with Crippen LogP contribution in [0.15, 0.2) is 72.7 Å². The maximum Gasteiger partial charge on any atom is 0.236 e. The predicted molar refractivity (Wildman–Crippen MR) is 116 cm³/mol. The van der Waals surface area contributed by atoms with Gasteiger partial charge in [-0.05, 0) is 31.5 Å². The third-order valence-electron chi connectivity index (χ3n) is 4.51. The van der Waals surface area contributed by atoms with Gasteiger partial charge in [0, 0.05) is 37.6 Å². The first-order valence-corrected chi connectivity index (χ1v) is 10.5. The van der Waals surface area contributed by atoms with E-state index < -0.39 is 0 Å². The van der Waals surface area contributed by atoms with Gasteiger partial charge in [-0.3, -0.25) is 14.3 Å². The lowest BCUT2D eigenvalue weighted by Crippen LogP contribution is -2.36. The highest BCUT2D eigenvalue weighted by atomic mass is 32.2. The summed E-state index contributed by atoms with van der Waals surface area (Å²) in [7, 11) is 0. The van der Waals surface area contributed by atoms with E-state index in [1.165, 1.54) is 11.8 Å². The lowest BCUT2D eigenvalue weighted by atomic mass is 10.2. The van der Waals surface area contributed by atoms with E-state index in [2.05, 4.69) is 21.8 Å². The number of thioether (sulfide) groups is 1. The second-order valence-corrected chi connectivity index (χ2v) is 7.85. The minimum Gasteiger partial charge on any atom is -0.338 e. The summed E-state index contributed by atoms with van der Waals surface area (Å²) in [5.74, 6) is 0.825. The van der Waals surface area contributed by atoms with Crippen LogP contribution >= 0.6 is 11.8 Å². The maximum absolute atomic E-state index is 13.0. The number of rotatable bonds is 9. The molecule has 150 valence electrons. The van der Waals surface area contributed by atoms with E-state index >= 15 is 0 Å². The normalized spacial score (nSPS) is 11.8. The van der Waals surface area contributed by atoms with Crippen LogP contribution in [0.25, 0.3) is 11.4 Å². The number of carbonyl (C=O) groups excluding carboxylic acids is 1. The van der Waals surface area contributed by atoms with Crippen molar-refractivity contribution in [2.45, 2.75) is 37.3 Å². The van der Waals surface area contributed by atoms with Crippen LogP contribution in [0.1, 0.15) is 19.4 Å². The third-order valence-corrected chi connectivity index (χ3v) is 5.57. The molecule has 0 spiro atoms. The van der Waals surface area contributed by atoms with Gasteiger partial charge >= 0.3 is 0 Å². The number of benzene rings is 1. The van der Waals surface area contributed by atoms with Crippen molar-refractivity contribution in [2.24, 2.45) is 0 Å². The molecule has 1 unspecified atom stereocenters. The van der Waals surface area contributed by atoms with Crippen molar-refractivity contribution in [2.75, 3.05) is 6.54 Å². The van der Waals surface area contributed by atoms with Gasteiger partial charge in [-0.1, -0.05) is 48.2 Å². The topological polar surface area (TPSA) is 63.9 Å². The first kappa shape index (κ1) is 20.8. The molecule has 1 aromatic carbocycles. The largest absolute Gasteiger partial charge is 0.338 e. The average molecular weight is 408 g/mol. The van der Waals surface area contributed by atoms with E-state index in [0.717, 1.165) is 17.0 Å². The predicted octanol–water partition coefficient (Wildman–Crippen LogP) is 4.06. The quantitative estimate of drug-likeness (QED) is 0.395. The molecule has 0 bridgehead atoms. The summed E-state index contributed by atoms with van der Waals surface area (Å²) >= 11 is 1.42. The van der Waals surface area contributed by atoms with Crippen molar-refractivity contribution in [1.82, 2.24) is 24.6 Å². The molecule has 2 heterocycles. The lowest BCUT2D eigenvalue weighted by molar-refractivity contribution is -0.130. The van der Waals surface area contributed by atoms with Gasteiger partial charge in [-0.25, -0.2) is 0 Å². The van der Waals surface area contributed by atoms with Crippen LogP contribution in [0.5, 0.6) is 0 Å². The standard InChI is InChI=1S/C22H25N5OS/c1-4-15-27-20(19-11-13-23-14-12-19)24-25-22(27)29-17(3)21(28)26(5-2)16-18-9-7-6-8-10-18/h4,6-14,17H,1,5,15-16H2,2-3H3. The van der Waals surface area contributed by atoms with E-state index in [-0.39, 0.29) is 11.2 Å². The van der Waals surface area contributed by atoms with Gasteiger partial charge in [0.05, 0.1) is 5.25 Å². The van der Waals surface area contributed by atoms with Crippen LogP contribution < -0.4 is 0 Å². The molecule has 1 amide bonds. The molecule has 0 N–H and O–H groups in total. The van der Waals surface area contributed by atoms with Crippen molar-refractivity contribution in [3.63, 3.8) is 0 Å². The minimum absolute atomic E-state index is 0.0833. The van der Waals surface area contributed by atoms with Crippen LogP contribution in [-0.2, 0) is 17.9 Å². The number of amides is 1. The summed E-state index contributed by atoms with van der Waals surface area (Å²) in [5.41, 5.74) is 2.05. The highest BCUT2D eigenvalue weighted by Gasteiger charge is 2.24. The Morgan fingerprint density at radius 1 is 1.21 bits per heavy atom. The Labute approximate surface area is 175 Å². The van der Waals surface area contributed by atoms with Crippen LogP contribution in [0.4, 0.5) is 0 Å². The maximum atomic E-state index is 13.0. The molecule has 6 nitrogen and oxygen atoms in total. The van der Waals surface area contributed by atoms with Gasteiger partial charge in [0.1, 0.15) is 0 Å². The van der Waals surface area contributed by atoms with Crippen molar-refractivity contribution >= 4 is 17.7 Å². The number of allylic oxidation sites excluding steroid dienone is 1. The number of carbonyl (C=O) groups is 1. The second-order valence-electron chi connectivity index (χ2n) is 6.54. The summed E-state index contributed by atoms with van der Waals surface area (Å²) in [6, 6.07) is 13.8. The smallest absolute Gasteiger partial charge is 0.236 e. The molecule has 3 rings (SSSR count). The van der Waals surface area contributed by atoms with E-state index in [0.29, 0.717) is 24.8 Å². The number of hydrogen-bond acceptors (Lipinski definition) is 5. The van der Waals surface area contributed by atoms with Crippen molar-refractivity contribution in [1.29, 1.82) is 0 Å². The fourth-order valence-corrected chi connectivity index (χ4v) is 3.94. The van der Waals surface area contributed by atoms with Crippen LogP contribution in [-0.4, -0.2) is 42.4 Å². The van der Waals surface area contributed by atoms with Gasteiger partial charge in [0.25, 0.3) is 0 Å². The number of aromatic nitrogens is 4. The number of hydrogen-bond donors (Lipinski definition) is 0. The summed E-state index contributed by atoms with van der Waals surface area (Å²) in [4.78, 5) is 19.0. The molecule has 0 aliphatic carbocycles. The Bertz CT molecular complexity index is 942. The molecule has 0 saturated heterocycles.